The van der Waals surface area contributed by atoms with E-state index in [0.717, 1.165) is 12.8 Å². The second-order valence-corrected chi connectivity index (χ2v) is 6.77. The summed E-state index contributed by atoms with van der Waals surface area (Å²) in [5.74, 6) is 0.300. The van der Waals surface area contributed by atoms with Gasteiger partial charge in [-0.15, -0.1) is 0 Å². The zero-order valence-corrected chi connectivity index (χ0v) is 11.1. The summed E-state index contributed by atoms with van der Waals surface area (Å²) in [5.41, 5.74) is -0.0414. The van der Waals surface area contributed by atoms with E-state index in [2.05, 4.69) is 13.5 Å². The van der Waals surface area contributed by atoms with E-state index in [-0.39, 0.29) is 34.9 Å². The van der Waals surface area contributed by atoms with Crippen molar-refractivity contribution in [3.63, 3.8) is 0 Å². The molecule has 2 saturated heterocycles. The number of hydrogen-bond acceptors (Lipinski definition) is 4. The van der Waals surface area contributed by atoms with Crippen LogP contribution < -0.4 is 0 Å². The predicted molar refractivity (Wildman–Crippen MR) is 66.3 cm³/mol. The first kappa shape index (κ1) is 11.6. The van der Waals surface area contributed by atoms with Crippen LogP contribution in [-0.4, -0.2) is 30.1 Å². The Morgan fingerprint density at radius 1 is 1.32 bits per heavy atom. The van der Waals surface area contributed by atoms with Gasteiger partial charge >= 0.3 is 5.97 Å². The van der Waals surface area contributed by atoms with Gasteiger partial charge in [0.15, 0.2) is 0 Å². The van der Waals surface area contributed by atoms with Crippen LogP contribution in [0.15, 0.2) is 12.2 Å². The first-order valence-corrected chi connectivity index (χ1v) is 7.03. The van der Waals surface area contributed by atoms with E-state index >= 15 is 0 Å². The molecule has 0 aromatic heterocycles. The van der Waals surface area contributed by atoms with Crippen LogP contribution in [0, 0.1) is 17.3 Å². The molecule has 2 heterocycles. The number of carbonyl (C=O) groups excluding carboxylic acids is 2. The predicted octanol–water partition coefficient (Wildman–Crippen LogP) is 1.63. The highest BCUT2D eigenvalue weighted by Crippen LogP contribution is 2.61. The summed E-state index contributed by atoms with van der Waals surface area (Å²) in [6, 6.07) is 0. The number of esters is 1. The Kier molecular flexibility index (Phi) is 2.02. The van der Waals surface area contributed by atoms with Crippen molar-refractivity contribution in [2.24, 2.45) is 17.3 Å². The molecule has 2 aliphatic heterocycles. The third kappa shape index (κ3) is 1.33. The van der Waals surface area contributed by atoms with Crippen molar-refractivity contribution >= 4 is 11.8 Å². The topological polar surface area (TPSA) is 55.9 Å². The van der Waals surface area contributed by atoms with Gasteiger partial charge in [-0.05, 0) is 12.8 Å². The lowest BCUT2D eigenvalue weighted by Gasteiger charge is -2.32. The van der Waals surface area contributed by atoms with Crippen LogP contribution >= 0.6 is 0 Å². The number of carbonyl (C=O) groups is 2. The van der Waals surface area contributed by atoms with Crippen LogP contribution in [0.2, 0.25) is 0 Å². The smallest absolute Gasteiger partial charge is 0.334 e. The molecule has 0 radical (unpaired) electrons. The molecule has 0 bridgehead atoms. The van der Waals surface area contributed by atoms with Crippen LogP contribution in [0.25, 0.3) is 0 Å². The minimum atomic E-state index is -0.368. The second kappa shape index (κ2) is 3.29. The standard InChI is InChI=1S/C15H18O4/c1-8-9-5-14(2)11(3-4-12(14)16)15(7-18-15)6-10(9)19-13(8)17/h9-11H,1,3-7H2,2H3. The largest absolute Gasteiger partial charge is 0.458 e. The van der Waals surface area contributed by atoms with Gasteiger partial charge in [0.25, 0.3) is 0 Å². The maximum absolute atomic E-state index is 12.4. The molecule has 102 valence electrons. The zero-order valence-electron chi connectivity index (χ0n) is 11.1. The van der Waals surface area contributed by atoms with Gasteiger partial charge in [-0.1, -0.05) is 13.5 Å². The Morgan fingerprint density at radius 3 is 2.74 bits per heavy atom. The molecule has 0 aromatic carbocycles. The number of hydrogen-bond donors (Lipinski definition) is 0. The van der Waals surface area contributed by atoms with Crippen LogP contribution in [-0.2, 0) is 19.1 Å². The number of ether oxygens (including phenoxy) is 2. The summed E-state index contributed by atoms with van der Waals surface area (Å²) in [6.45, 7) is 6.63. The van der Waals surface area contributed by atoms with Gasteiger partial charge < -0.3 is 9.47 Å². The van der Waals surface area contributed by atoms with Crippen LogP contribution in [0.1, 0.15) is 32.6 Å². The average Bonchev–Trinajstić information content (AvgIpc) is 3.02. The highest BCUT2D eigenvalue weighted by molar-refractivity contribution is 5.92. The van der Waals surface area contributed by atoms with Crippen molar-refractivity contribution < 1.29 is 19.1 Å². The SMILES string of the molecule is C=C1C(=O)OC2CC3(CO3)C3CCC(=O)C3(C)CC12. The minimum absolute atomic E-state index is 0.00868. The molecule has 0 aromatic rings. The number of ketones is 1. The second-order valence-electron chi connectivity index (χ2n) is 6.77. The highest BCUT2D eigenvalue weighted by atomic mass is 16.6. The van der Waals surface area contributed by atoms with Gasteiger partial charge in [0, 0.05) is 35.7 Å². The molecule has 4 nitrogen and oxygen atoms in total. The Labute approximate surface area is 112 Å². The quantitative estimate of drug-likeness (QED) is 0.378. The molecule has 1 spiro atoms. The fourth-order valence-corrected chi connectivity index (χ4v) is 4.63. The van der Waals surface area contributed by atoms with E-state index in [9.17, 15) is 9.59 Å². The molecular weight excluding hydrogens is 244 g/mol. The highest BCUT2D eigenvalue weighted by Gasteiger charge is 2.67. The van der Waals surface area contributed by atoms with Crippen molar-refractivity contribution in [3.05, 3.63) is 12.2 Å². The third-order valence-corrected chi connectivity index (χ3v) is 5.82. The van der Waals surface area contributed by atoms with Crippen molar-refractivity contribution in [1.82, 2.24) is 0 Å². The summed E-state index contributed by atoms with van der Waals surface area (Å²) in [5, 5.41) is 0. The van der Waals surface area contributed by atoms with Crippen molar-refractivity contribution in [2.45, 2.75) is 44.3 Å². The maximum atomic E-state index is 12.4. The Balaban J connectivity index is 1.78. The van der Waals surface area contributed by atoms with Gasteiger partial charge in [0.1, 0.15) is 11.9 Å². The van der Waals surface area contributed by atoms with Crippen LogP contribution in [0.5, 0.6) is 0 Å². The summed E-state index contributed by atoms with van der Waals surface area (Å²) in [4.78, 5) is 24.1. The van der Waals surface area contributed by atoms with Gasteiger partial charge in [-0.3, -0.25) is 4.79 Å². The average molecular weight is 262 g/mol. The van der Waals surface area contributed by atoms with E-state index in [1.165, 1.54) is 0 Å². The Hall–Kier alpha value is -1.16. The van der Waals surface area contributed by atoms with Gasteiger partial charge in [0.2, 0.25) is 0 Å². The van der Waals surface area contributed by atoms with Gasteiger partial charge in [0.05, 0.1) is 12.2 Å². The molecule has 4 rings (SSSR count). The summed E-state index contributed by atoms with van der Waals surface area (Å²) in [6.07, 6.45) is 2.84. The lowest BCUT2D eigenvalue weighted by molar-refractivity contribution is -0.140. The summed E-state index contributed by atoms with van der Waals surface area (Å²) < 4.78 is 11.2. The van der Waals surface area contributed by atoms with E-state index in [1.54, 1.807) is 0 Å². The normalized spacial score (nSPS) is 51.8. The molecule has 4 fully saturated rings. The van der Waals surface area contributed by atoms with Crippen LogP contribution in [0.4, 0.5) is 0 Å². The molecule has 0 N–H and O–H groups in total. The summed E-state index contributed by atoms with van der Waals surface area (Å²) >= 11 is 0. The number of fused-ring (bicyclic) bond motifs is 3. The fourth-order valence-electron chi connectivity index (χ4n) is 4.63. The fraction of sp³-hybridized carbons (Fsp3) is 0.733. The zero-order chi connectivity index (χ0) is 13.4. The molecule has 2 aliphatic carbocycles. The first-order valence-electron chi connectivity index (χ1n) is 7.03. The Bertz CT molecular complexity index is 504. The van der Waals surface area contributed by atoms with Gasteiger partial charge in [-0.25, -0.2) is 4.79 Å². The van der Waals surface area contributed by atoms with E-state index in [1.807, 2.05) is 0 Å². The molecule has 4 aliphatic rings. The van der Waals surface area contributed by atoms with Crippen LogP contribution in [0.3, 0.4) is 0 Å². The lowest BCUT2D eigenvalue weighted by Crippen LogP contribution is -2.37. The van der Waals surface area contributed by atoms with E-state index in [0.29, 0.717) is 30.8 Å². The summed E-state index contributed by atoms with van der Waals surface area (Å²) in [7, 11) is 0. The van der Waals surface area contributed by atoms with Crippen molar-refractivity contribution in [3.8, 4) is 0 Å². The molecule has 4 heteroatoms. The molecular formula is C15H18O4. The van der Waals surface area contributed by atoms with E-state index < -0.39 is 0 Å². The lowest BCUT2D eigenvalue weighted by atomic mass is 9.69. The first-order chi connectivity index (χ1) is 8.96. The van der Waals surface area contributed by atoms with E-state index in [4.69, 9.17) is 9.47 Å². The number of epoxide rings is 1. The number of Topliss-reactive ketones (excluding diaryl/α,β-unsaturated/α-hetero) is 1. The number of rotatable bonds is 0. The van der Waals surface area contributed by atoms with Crippen molar-refractivity contribution in [1.29, 1.82) is 0 Å². The molecule has 0 amide bonds. The molecule has 2 saturated carbocycles. The molecule has 19 heavy (non-hydrogen) atoms. The minimum Gasteiger partial charge on any atom is -0.458 e. The maximum Gasteiger partial charge on any atom is 0.334 e. The van der Waals surface area contributed by atoms with Gasteiger partial charge in [-0.2, -0.15) is 0 Å². The molecule has 5 unspecified atom stereocenters. The van der Waals surface area contributed by atoms with Crippen molar-refractivity contribution in [2.75, 3.05) is 6.61 Å². The third-order valence-electron chi connectivity index (χ3n) is 5.82. The Morgan fingerprint density at radius 2 is 2.05 bits per heavy atom. The monoisotopic (exact) mass is 262 g/mol. The molecule has 5 atom stereocenters.